The lowest BCUT2D eigenvalue weighted by Gasteiger charge is -2.06. The highest BCUT2D eigenvalue weighted by Gasteiger charge is 2.07. The van der Waals surface area contributed by atoms with Crippen molar-refractivity contribution in [2.75, 3.05) is 19.4 Å². The molecule has 0 aliphatic carbocycles. The van der Waals surface area contributed by atoms with Gasteiger partial charge in [0, 0.05) is 12.2 Å². The number of carboxylic acids is 1. The van der Waals surface area contributed by atoms with Crippen LogP contribution >= 0.6 is 0 Å². The van der Waals surface area contributed by atoms with E-state index in [0.29, 0.717) is 17.8 Å². The van der Waals surface area contributed by atoms with Gasteiger partial charge in [-0.25, -0.2) is 4.79 Å². The number of nitrogens with one attached hydrogen (secondary N) is 1. The normalized spacial score (nSPS) is 9.94. The molecule has 0 amide bonds. The van der Waals surface area contributed by atoms with E-state index < -0.39 is 11.9 Å². The standard InChI is InChI=1S/C11H14N2O4/c1-17-11(16)8-2-7(3-9(12)4-8)5-13-6-10(14)15/h2-4,13H,5-6,12H2,1H3,(H,14,15). The number of rotatable bonds is 5. The summed E-state index contributed by atoms with van der Waals surface area (Å²) in [6, 6.07) is 4.78. The zero-order valence-corrected chi connectivity index (χ0v) is 9.40. The van der Waals surface area contributed by atoms with Crippen molar-refractivity contribution in [1.29, 1.82) is 0 Å². The number of benzene rings is 1. The van der Waals surface area contributed by atoms with E-state index in [-0.39, 0.29) is 6.54 Å². The molecule has 0 fully saturated rings. The lowest BCUT2D eigenvalue weighted by atomic mass is 10.1. The number of carboxylic acid groups (broad SMARTS) is 1. The summed E-state index contributed by atoms with van der Waals surface area (Å²) in [6.07, 6.45) is 0. The highest BCUT2D eigenvalue weighted by molar-refractivity contribution is 5.90. The minimum atomic E-state index is -0.943. The number of hydrogen-bond acceptors (Lipinski definition) is 5. The summed E-state index contributed by atoms with van der Waals surface area (Å²) in [4.78, 5) is 21.6. The first-order valence-electron chi connectivity index (χ1n) is 4.93. The molecule has 0 unspecified atom stereocenters. The van der Waals surface area contributed by atoms with Crippen LogP contribution in [-0.2, 0) is 16.1 Å². The van der Waals surface area contributed by atoms with Crippen molar-refractivity contribution in [1.82, 2.24) is 5.32 Å². The molecule has 6 nitrogen and oxygen atoms in total. The third-order valence-electron chi connectivity index (χ3n) is 2.04. The number of carbonyl (C=O) groups is 2. The molecule has 92 valence electrons. The van der Waals surface area contributed by atoms with Gasteiger partial charge in [-0.3, -0.25) is 4.79 Å². The molecule has 0 heterocycles. The van der Waals surface area contributed by atoms with Crippen LogP contribution in [0.1, 0.15) is 15.9 Å². The minimum absolute atomic E-state index is 0.150. The number of nitrogens with two attached hydrogens (primary N) is 1. The van der Waals surface area contributed by atoms with Crippen LogP contribution in [0, 0.1) is 0 Å². The summed E-state index contributed by atoms with van der Waals surface area (Å²) in [5.74, 6) is -1.42. The van der Waals surface area contributed by atoms with E-state index in [1.807, 2.05) is 0 Å². The molecule has 0 aliphatic heterocycles. The Morgan fingerprint density at radius 2 is 2.12 bits per heavy atom. The molecule has 4 N–H and O–H groups in total. The van der Waals surface area contributed by atoms with Crippen LogP contribution in [0.15, 0.2) is 18.2 Å². The molecule has 0 aromatic heterocycles. The van der Waals surface area contributed by atoms with E-state index in [2.05, 4.69) is 10.1 Å². The molecule has 0 aliphatic rings. The Bertz CT molecular complexity index is 431. The molecule has 17 heavy (non-hydrogen) atoms. The Morgan fingerprint density at radius 3 is 2.71 bits per heavy atom. The van der Waals surface area contributed by atoms with Crippen molar-refractivity contribution in [3.63, 3.8) is 0 Å². The van der Waals surface area contributed by atoms with Gasteiger partial charge >= 0.3 is 11.9 Å². The van der Waals surface area contributed by atoms with Crippen molar-refractivity contribution < 1.29 is 19.4 Å². The number of nitrogen functional groups attached to an aromatic ring is 1. The van der Waals surface area contributed by atoms with E-state index in [0.717, 1.165) is 5.56 Å². The summed E-state index contributed by atoms with van der Waals surface area (Å²) < 4.78 is 4.58. The maximum atomic E-state index is 11.3. The Kier molecular flexibility index (Phi) is 4.47. The smallest absolute Gasteiger partial charge is 0.337 e. The summed E-state index contributed by atoms with van der Waals surface area (Å²) in [5.41, 5.74) is 7.14. The lowest BCUT2D eigenvalue weighted by molar-refractivity contribution is -0.136. The molecule has 1 rings (SSSR count). The monoisotopic (exact) mass is 238 g/mol. The number of aliphatic carboxylic acids is 1. The van der Waals surface area contributed by atoms with Crippen LogP contribution in [0.2, 0.25) is 0 Å². The van der Waals surface area contributed by atoms with Gasteiger partial charge in [-0.15, -0.1) is 0 Å². The maximum absolute atomic E-state index is 11.3. The van der Waals surface area contributed by atoms with Crippen LogP contribution < -0.4 is 11.1 Å². The van der Waals surface area contributed by atoms with Gasteiger partial charge in [-0.1, -0.05) is 0 Å². The van der Waals surface area contributed by atoms with Crippen LogP contribution in [0.3, 0.4) is 0 Å². The average molecular weight is 238 g/mol. The van der Waals surface area contributed by atoms with Gasteiger partial charge < -0.3 is 20.9 Å². The fourth-order valence-corrected chi connectivity index (χ4v) is 1.37. The third-order valence-corrected chi connectivity index (χ3v) is 2.04. The first kappa shape index (κ1) is 13.0. The van der Waals surface area contributed by atoms with Crippen molar-refractivity contribution in [3.8, 4) is 0 Å². The third kappa shape index (κ3) is 4.12. The fourth-order valence-electron chi connectivity index (χ4n) is 1.37. The summed E-state index contributed by atoms with van der Waals surface area (Å²) in [7, 11) is 1.29. The summed E-state index contributed by atoms with van der Waals surface area (Å²) >= 11 is 0. The van der Waals surface area contributed by atoms with Crippen molar-refractivity contribution in [3.05, 3.63) is 29.3 Å². The number of esters is 1. The van der Waals surface area contributed by atoms with Gasteiger partial charge in [-0.2, -0.15) is 0 Å². The predicted molar refractivity (Wildman–Crippen MR) is 61.5 cm³/mol. The maximum Gasteiger partial charge on any atom is 0.337 e. The molecule has 1 aromatic rings. The Balaban J connectivity index is 2.75. The van der Waals surface area contributed by atoms with E-state index in [9.17, 15) is 9.59 Å². The number of anilines is 1. The Labute approximate surface area is 98.4 Å². The molecule has 0 radical (unpaired) electrons. The van der Waals surface area contributed by atoms with Gasteiger partial charge in [0.05, 0.1) is 19.2 Å². The molecular weight excluding hydrogens is 224 g/mol. The molecule has 0 spiro atoms. The van der Waals surface area contributed by atoms with E-state index in [4.69, 9.17) is 10.8 Å². The van der Waals surface area contributed by atoms with Gasteiger partial charge in [-0.05, 0) is 23.8 Å². The van der Waals surface area contributed by atoms with Gasteiger partial charge in [0.1, 0.15) is 0 Å². The van der Waals surface area contributed by atoms with Crippen LogP contribution in [-0.4, -0.2) is 30.7 Å². The molecule has 0 bridgehead atoms. The van der Waals surface area contributed by atoms with Crippen LogP contribution in [0.5, 0.6) is 0 Å². The van der Waals surface area contributed by atoms with E-state index >= 15 is 0 Å². The minimum Gasteiger partial charge on any atom is -0.480 e. The number of ether oxygens (including phenoxy) is 1. The topological polar surface area (TPSA) is 102 Å². The molecular formula is C11H14N2O4. The predicted octanol–water partition coefficient (Wildman–Crippen LogP) is 0.230. The molecule has 0 atom stereocenters. The van der Waals surface area contributed by atoms with Crippen molar-refractivity contribution in [2.24, 2.45) is 0 Å². The molecule has 0 saturated heterocycles. The second kappa shape index (κ2) is 5.86. The number of carbonyl (C=O) groups excluding carboxylic acids is 1. The fraction of sp³-hybridized carbons (Fsp3) is 0.273. The lowest BCUT2D eigenvalue weighted by Crippen LogP contribution is -2.22. The Hall–Kier alpha value is -2.08. The van der Waals surface area contributed by atoms with Crippen molar-refractivity contribution >= 4 is 17.6 Å². The second-order valence-corrected chi connectivity index (χ2v) is 3.45. The van der Waals surface area contributed by atoms with Crippen LogP contribution in [0.4, 0.5) is 5.69 Å². The zero-order chi connectivity index (χ0) is 12.8. The molecule has 0 saturated carbocycles. The van der Waals surface area contributed by atoms with Gasteiger partial charge in [0.15, 0.2) is 0 Å². The Morgan fingerprint density at radius 1 is 1.41 bits per heavy atom. The highest BCUT2D eigenvalue weighted by Crippen LogP contribution is 2.13. The highest BCUT2D eigenvalue weighted by atomic mass is 16.5. The number of hydrogen-bond donors (Lipinski definition) is 3. The zero-order valence-electron chi connectivity index (χ0n) is 9.40. The SMILES string of the molecule is COC(=O)c1cc(N)cc(CNCC(=O)O)c1. The van der Waals surface area contributed by atoms with Crippen molar-refractivity contribution in [2.45, 2.75) is 6.54 Å². The largest absolute Gasteiger partial charge is 0.480 e. The van der Waals surface area contributed by atoms with Gasteiger partial charge in [0.25, 0.3) is 0 Å². The molecule has 1 aromatic carbocycles. The van der Waals surface area contributed by atoms with E-state index in [1.54, 1.807) is 12.1 Å². The molecule has 6 heteroatoms. The average Bonchev–Trinajstić information content (AvgIpc) is 2.26. The first-order chi connectivity index (χ1) is 8.02. The quantitative estimate of drug-likeness (QED) is 0.501. The second-order valence-electron chi connectivity index (χ2n) is 3.45. The number of methoxy groups -OCH3 is 1. The van der Waals surface area contributed by atoms with E-state index in [1.165, 1.54) is 13.2 Å². The van der Waals surface area contributed by atoms with Gasteiger partial charge in [0.2, 0.25) is 0 Å². The first-order valence-corrected chi connectivity index (χ1v) is 4.93. The van der Waals surface area contributed by atoms with Crippen LogP contribution in [0.25, 0.3) is 0 Å². The summed E-state index contributed by atoms with van der Waals surface area (Å²) in [6.45, 7) is 0.170. The summed E-state index contributed by atoms with van der Waals surface area (Å²) in [5, 5.41) is 11.2.